The topological polar surface area (TPSA) is 100 Å². The first-order chi connectivity index (χ1) is 9.13. The molecule has 114 valence electrons. The van der Waals surface area contributed by atoms with E-state index in [4.69, 9.17) is 5.11 Å². The molecule has 1 aromatic heterocycles. The lowest BCUT2D eigenvalue weighted by Crippen LogP contribution is -2.43. The molecule has 0 saturated carbocycles. The Bertz CT molecular complexity index is 590. The largest absolute Gasteiger partial charge is 0.396 e. The summed E-state index contributed by atoms with van der Waals surface area (Å²) < 4.78 is 28.5. The van der Waals surface area contributed by atoms with Crippen molar-refractivity contribution >= 4 is 15.9 Å². The second kappa shape index (κ2) is 5.94. The van der Waals surface area contributed by atoms with Crippen molar-refractivity contribution in [2.75, 3.05) is 13.7 Å². The molecule has 7 nitrogen and oxygen atoms in total. The van der Waals surface area contributed by atoms with Gasteiger partial charge in [-0.25, -0.2) is 13.1 Å². The Morgan fingerprint density at radius 2 is 2.05 bits per heavy atom. The zero-order chi connectivity index (χ0) is 15.6. The normalized spacial score (nSPS) is 12.4. The van der Waals surface area contributed by atoms with Gasteiger partial charge < -0.3 is 15.0 Å². The molecule has 1 heterocycles. The van der Waals surface area contributed by atoms with Crippen LogP contribution >= 0.6 is 0 Å². The summed E-state index contributed by atoms with van der Waals surface area (Å²) in [5.74, 6) is -0.358. The van der Waals surface area contributed by atoms with E-state index in [1.807, 2.05) is 0 Å². The van der Waals surface area contributed by atoms with Crippen molar-refractivity contribution in [3.05, 3.63) is 18.0 Å². The number of nitrogens with zero attached hydrogens (tertiary/aromatic N) is 1. The number of carbonyl (C=O) groups is 1. The monoisotopic (exact) mass is 303 g/mol. The summed E-state index contributed by atoms with van der Waals surface area (Å²) in [7, 11) is -0.668. The van der Waals surface area contributed by atoms with Gasteiger partial charge in [0.1, 0.15) is 10.6 Å². The molecule has 0 aromatic carbocycles. The van der Waals surface area contributed by atoms with E-state index in [1.165, 1.54) is 23.9 Å². The van der Waals surface area contributed by atoms with Crippen LogP contribution in [-0.2, 0) is 17.1 Å². The Morgan fingerprint density at radius 3 is 2.55 bits per heavy atom. The highest BCUT2D eigenvalue weighted by molar-refractivity contribution is 7.89. The molecule has 8 heteroatoms. The molecule has 0 spiro atoms. The van der Waals surface area contributed by atoms with Gasteiger partial charge in [0.2, 0.25) is 10.0 Å². The van der Waals surface area contributed by atoms with E-state index in [0.29, 0.717) is 6.42 Å². The van der Waals surface area contributed by atoms with Crippen LogP contribution in [0, 0.1) is 0 Å². The third-order valence-corrected chi connectivity index (χ3v) is 4.56. The molecule has 0 fully saturated rings. The van der Waals surface area contributed by atoms with Gasteiger partial charge in [-0.05, 0) is 26.3 Å². The minimum Gasteiger partial charge on any atom is -0.396 e. The van der Waals surface area contributed by atoms with Gasteiger partial charge in [0.15, 0.2) is 0 Å². The first-order valence-electron chi connectivity index (χ1n) is 6.16. The van der Waals surface area contributed by atoms with Gasteiger partial charge in [-0.15, -0.1) is 0 Å². The maximum atomic E-state index is 12.3. The molecule has 0 bridgehead atoms. The predicted octanol–water partition coefficient (Wildman–Crippen LogP) is -0.176. The van der Waals surface area contributed by atoms with E-state index >= 15 is 0 Å². The number of aliphatic hydroxyl groups excluding tert-OH is 1. The van der Waals surface area contributed by atoms with Crippen LogP contribution in [0.15, 0.2) is 17.2 Å². The lowest BCUT2D eigenvalue weighted by atomic mass is 10.0. The molecular formula is C12H21N3O4S. The van der Waals surface area contributed by atoms with Crippen molar-refractivity contribution in [2.24, 2.45) is 7.05 Å². The molecule has 0 aliphatic heterocycles. The van der Waals surface area contributed by atoms with Crippen molar-refractivity contribution in [2.45, 2.75) is 30.7 Å². The molecule has 1 rings (SSSR count). The molecule has 0 atom stereocenters. The van der Waals surface area contributed by atoms with Crippen molar-refractivity contribution in [3.63, 3.8) is 0 Å². The number of rotatable bonds is 6. The number of hydrogen-bond acceptors (Lipinski definition) is 4. The zero-order valence-electron chi connectivity index (χ0n) is 12.1. The molecule has 0 unspecified atom stereocenters. The minimum atomic E-state index is -3.75. The first kappa shape index (κ1) is 16.7. The van der Waals surface area contributed by atoms with E-state index in [9.17, 15) is 13.2 Å². The van der Waals surface area contributed by atoms with E-state index in [2.05, 4.69) is 10.0 Å². The maximum absolute atomic E-state index is 12.3. The lowest BCUT2D eigenvalue weighted by Gasteiger charge is -2.24. The Labute approximate surface area is 119 Å². The predicted molar refractivity (Wildman–Crippen MR) is 74.9 cm³/mol. The Balaban J connectivity index is 3.08. The van der Waals surface area contributed by atoms with Gasteiger partial charge >= 0.3 is 0 Å². The third-order valence-electron chi connectivity index (χ3n) is 2.90. The van der Waals surface area contributed by atoms with Crippen LogP contribution in [0.25, 0.3) is 0 Å². The molecule has 1 amide bonds. The number of carbonyl (C=O) groups excluding carboxylic acids is 1. The molecule has 1 aromatic rings. The summed E-state index contributed by atoms with van der Waals surface area (Å²) in [6.45, 7) is 3.25. The van der Waals surface area contributed by atoms with Gasteiger partial charge in [0.25, 0.3) is 5.91 Å². The minimum absolute atomic E-state index is 0.0182. The number of hydrogen-bond donors (Lipinski definition) is 3. The SMILES string of the molecule is CNC(=O)c1cc(S(=O)(=O)NC(C)(C)CCO)cn1C. The van der Waals surface area contributed by atoms with Crippen LogP contribution in [0.4, 0.5) is 0 Å². The number of aliphatic hydroxyl groups is 1. The van der Waals surface area contributed by atoms with Gasteiger partial charge in [-0.2, -0.15) is 0 Å². The number of aromatic nitrogens is 1. The van der Waals surface area contributed by atoms with Gasteiger partial charge in [-0.3, -0.25) is 4.79 Å². The van der Waals surface area contributed by atoms with Gasteiger partial charge in [-0.1, -0.05) is 0 Å². The summed E-state index contributed by atoms with van der Waals surface area (Å²) >= 11 is 0. The molecule has 3 N–H and O–H groups in total. The van der Waals surface area contributed by atoms with Crippen LogP contribution < -0.4 is 10.0 Å². The van der Waals surface area contributed by atoms with Crippen LogP contribution in [-0.4, -0.2) is 43.2 Å². The number of nitrogens with one attached hydrogen (secondary N) is 2. The summed E-state index contributed by atoms with van der Waals surface area (Å²) in [6.07, 6.45) is 1.67. The second-order valence-electron chi connectivity index (χ2n) is 5.21. The fourth-order valence-corrected chi connectivity index (χ4v) is 3.30. The van der Waals surface area contributed by atoms with Gasteiger partial charge in [0, 0.05) is 32.4 Å². The average Bonchev–Trinajstić information content (AvgIpc) is 2.69. The van der Waals surface area contributed by atoms with Crippen LogP contribution in [0.2, 0.25) is 0 Å². The standard InChI is InChI=1S/C12H21N3O4S/c1-12(2,5-6-16)14-20(18,19)9-7-10(11(17)13-3)15(4)8-9/h7-8,14,16H,5-6H2,1-4H3,(H,13,17). The second-order valence-corrected chi connectivity index (χ2v) is 6.90. The highest BCUT2D eigenvalue weighted by atomic mass is 32.2. The van der Waals surface area contributed by atoms with Crippen LogP contribution in [0.3, 0.4) is 0 Å². The fraction of sp³-hybridized carbons (Fsp3) is 0.583. The number of sulfonamides is 1. The van der Waals surface area contributed by atoms with E-state index in [1.54, 1.807) is 20.9 Å². The molecule has 0 radical (unpaired) electrons. The van der Waals surface area contributed by atoms with Crippen LogP contribution in [0.5, 0.6) is 0 Å². The van der Waals surface area contributed by atoms with E-state index in [-0.39, 0.29) is 23.1 Å². The average molecular weight is 303 g/mol. The summed E-state index contributed by atoms with van der Waals surface area (Å²) in [6, 6.07) is 1.32. The van der Waals surface area contributed by atoms with E-state index in [0.717, 1.165) is 0 Å². The zero-order valence-corrected chi connectivity index (χ0v) is 12.9. The summed E-state index contributed by atoms with van der Waals surface area (Å²) in [5, 5.41) is 11.4. The van der Waals surface area contributed by atoms with Gasteiger partial charge in [0.05, 0.1) is 0 Å². The quantitative estimate of drug-likeness (QED) is 0.679. The molecular weight excluding hydrogens is 282 g/mol. The molecule has 20 heavy (non-hydrogen) atoms. The summed E-state index contributed by atoms with van der Waals surface area (Å²) in [5.41, 5.74) is -0.510. The van der Waals surface area contributed by atoms with Crippen LogP contribution in [0.1, 0.15) is 30.8 Å². The maximum Gasteiger partial charge on any atom is 0.267 e. The first-order valence-corrected chi connectivity index (χ1v) is 7.64. The highest BCUT2D eigenvalue weighted by Crippen LogP contribution is 2.17. The Hall–Kier alpha value is -1.38. The smallest absolute Gasteiger partial charge is 0.267 e. The third kappa shape index (κ3) is 3.81. The van der Waals surface area contributed by atoms with Crippen molar-refractivity contribution < 1.29 is 18.3 Å². The van der Waals surface area contributed by atoms with Crippen molar-refractivity contribution in [1.29, 1.82) is 0 Å². The Morgan fingerprint density at radius 1 is 1.45 bits per heavy atom. The fourth-order valence-electron chi connectivity index (χ4n) is 1.79. The van der Waals surface area contributed by atoms with Crippen molar-refractivity contribution in [3.8, 4) is 0 Å². The molecule has 0 saturated heterocycles. The molecule has 0 aliphatic carbocycles. The van der Waals surface area contributed by atoms with E-state index < -0.39 is 15.6 Å². The number of aryl methyl sites for hydroxylation is 1. The number of amides is 1. The summed E-state index contributed by atoms with van der Waals surface area (Å²) in [4.78, 5) is 11.6. The lowest BCUT2D eigenvalue weighted by molar-refractivity contribution is 0.0955. The highest BCUT2D eigenvalue weighted by Gasteiger charge is 2.27. The molecule has 0 aliphatic rings. The Kier molecular flexibility index (Phi) is 4.95. The van der Waals surface area contributed by atoms with Crippen molar-refractivity contribution in [1.82, 2.24) is 14.6 Å².